The van der Waals surface area contributed by atoms with Crippen molar-refractivity contribution in [3.8, 4) is 0 Å². The fourth-order valence-electron chi connectivity index (χ4n) is 2.81. The predicted octanol–water partition coefficient (Wildman–Crippen LogP) is 2.33. The average Bonchev–Trinajstić information content (AvgIpc) is 3.05. The molecule has 5 N–H and O–H groups in total. The fourth-order valence-corrected chi connectivity index (χ4v) is 2.81. The first-order valence-electron chi connectivity index (χ1n) is 7.12. The number of hydrogen-bond acceptors (Lipinski definition) is 2. The number of nitrogens with one attached hydrogen (secondary N) is 3. The van der Waals surface area contributed by atoms with Crippen LogP contribution in [0.5, 0.6) is 0 Å². The van der Waals surface area contributed by atoms with Crippen molar-refractivity contribution in [2.75, 3.05) is 5.32 Å². The molecular weight excluding hydrogens is 268 g/mol. The van der Waals surface area contributed by atoms with Crippen LogP contribution < -0.4 is 16.4 Å². The Labute approximate surface area is 122 Å². The van der Waals surface area contributed by atoms with E-state index in [1.807, 2.05) is 6.07 Å². The molecule has 3 amide bonds. The van der Waals surface area contributed by atoms with Crippen molar-refractivity contribution in [3.05, 3.63) is 29.8 Å². The molecule has 1 aliphatic rings. The van der Waals surface area contributed by atoms with Crippen molar-refractivity contribution in [1.82, 2.24) is 10.3 Å². The van der Waals surface area contributed by atoms with Crippen LogP contribution in [0.15, 0.2) is 24.3 Å². The number of hydrogen-bond donors (Lipinski definition) is 4. The summed E-state index contributed by atoms with van der Waals surface area (Å²) in [6, 6.07) is 6.87. The molecule has 110 valence electrons. The number of aromatic amines is 1. The molecule has 1 saturated carbocycles. The summed E-state index contributed by atoms with van der Waals surface area (Å²) in [5.74, 6) is 0.466. The zero-order chi connectivity index (χ0) is 14.8. The van der Waals surface area contributed by atoms with Gasteiger partial charge in [-0.05, 0) is 31.0 Å². The highest BCUT2D eigenvalue weighted by atomic mass is 16.2. The number of amides is 3. The van der Waals surface area contributed by atoms with Crippen molar-refractivity contribution in [2.45, 2.75) is 31.7 Å². The third-order valence-electron chi connectivity index (χ3n) is 3.83. The molecule has 1 aliphatic carbocycles. The summed E-state index contributed by atoms with van der Waals surface area (Å²) in [6.07, 6.45) is 4.48. The average molecular weight is 286 g/mol. The van der Waals surface area contributed by atoms with Crippen LogP contribution in [0.1, 0.15) is 36.0 Å². The molecule has 0 bridgehead atoms. The summed E-state index contributed by atoms with van der Waals surface area (Å²) < 4.78 is 0. The maximum Gasteiger partial charge on any atom is 0.317 e. The summed E-state index contributed by atoms with van der Waals surface area (Å²) in [7, 11) is 0. The van der Waals surface area contributed by atoms with Gasteiger partial charge >= 0.3 is 6.03 Å². The van der Waals surface area contributed by atoms with E-state index in [4.69, 9.17) is 5.73 Å². The fraction of sp³-hybridized carbons (Fsp3) is 0.333. The van der Waals surface area contributed by atoms with Crippen molar-refractivity contribution in [2.24, 2.45) is 5.73 Å². The van der Waals surface area contributed by atoms with Gasteiger partial charge in [-0.15, -0.1) is 0 Å². The number of carbonyl (C=O) groups is 2. The van der Waals surface area contributed by atoms with Gasteiger partial charge in [-0.2, -0.15) is 0 Å². The number of primary amides is 1. The largest absolute Gasteiger partial charge is 0.351 e. The lowest BCUT2D eigenvalue weighted by atomic mass is 10.1. The lowest BCUT2D eigenvalue weighted by Gasteiger charge is -2.11. The maximum atomic E-state index is 12.2. The van der Waals surface area contributed by atoms with Gasteiger partial charge in [0.05, 0.1) is 0 Å². The van der Waals surface area contributed by atoms with E-state index in [-0.39, 0.29) is 5.91 Å². The number of rotatable bonds is 3. The highest BCUT2D eigenvalue weighted by Gasteiger charge is 2.18. The van der Waals surface area contributed by atoms with Crippen LogP contribution in [0.3, 0.4) is 0 Å². The molecule has 0 unspecified atom stereocenters. The highest BCUT2D eigenvalue weighted by molar-refractivity contribution is 5.99. The Morgan fingerprint density at radius 1 is 1.19 bits per heavy atom. The third-order valence-corrected chi connectivity index (χ3v) is 3.83. The smallest absolute Gasteiger partial charge is 0.317 e. The summed E-state index contributed by atoms with van der Waals surface area (Å²) >= 11 is 0. The topological polar surface area (TPSA) is 100 Å². The molecule has 21 heavy (non-hydrogen) atoms. The zero-order valence-corrected chi connectivity index (χ0v) is 11.6. The molecule has 1 fully saturated rings. The Bertz CT molecular complexity index is 686. The first kappa shape index (κ1) is 13.5. The molecule has 0 radical (unpaired) electrons. The normalized spacial score (nSPS) is 15.2. The lowest BCUT2D eigenvalue weighted by Crippen LogP contribution is -2.32. The van der Waals surface area contributed by atoms with E-state index >= 15 is 0 Å². The molecule has 1 aromatic carbocycles. The molecule has 6 heteroatoms. The van der Waals surface area contributed by atoms with Crippen LogP contribution in [0.25, 0.3) is 10.9 Å². The van der Waals surface area contributed by atoms with Crippen LogP contribution in [0.4, 0.5) is 10.6 Å². The zero-order valence-electron chi connectivity index (χ0n) is 11.6. The van der Waals surface area contributed by atoms with E-state index in [9.17, 15) is 9.59 Å². The van der Waals surface area contributed by atoms with Crippen molar-refractivity contribution in [3.63, 3.8) is 0 Å². The highest BCUT2D eigenvalue weighted by Crippen LogP contribution is 2.21. The number of carbonyl (C=O) groups excluding carboxylic acids is 2. The number of fused-ring (bicyclic) bond motifs is 1. The monoisotopic (exact) mass is 286 g/mol. The van der Waals surface area contributed by atoms with E-state index in [2.05, 4.69) is 15.6 Å². The van der Waals surface area contributed by atoms with Crippen molar-refractivity contribution < 1.29 is 9.59 Å². The van der Waals surface area contributed by atoms with Crippen molar-refractivity contribution >= 4 is 28.7 Å². The van der Waals surface area contributed by atoms with E-state index in [0.717, 1.165) is 23.7 Å². The van der Waals surface area contributed by atoms with E-state index in [0.29, 0.717) is 17.4 Å². The molecule has 3 rings (SSSR count). The second kappa shape index (κ2) is 5.47. The minimum absolute atomic E-state index is 0.0530. The predicted molar refractivity (Wildman–Crippen MR) is 81.2 cm³/mol. The number of aromatic nitrogens is 1. The number of anilines is 1. The first-order valence-corrected chi connectivity index (χ1v) is 7.12. The first-order chi connectivity index (χ1) is 10.1. The lowest BCUT2D eigenvalue weighted by molar-refractivity contribution is 0.0938. The van der Waals surface area contributed by atoms with Crippen LogP contribution in [0.2, 0.25) is 0 Å². The second-order valence-electron chi connectivity index (χ2n) is 5.43. The Morgan fingerprint density at radius 3 is 2.67 bits per heavy atom. The van der Waals surface area contributed by atoms with Gasteiger partial charge in [0, 0.05) is 22.5 Å². The van der Waals surface area contributed by atoms with Crippen LogP contribution in [-0.2, 0) is 0 Å². The minimum Gasteiger partial charge on any atom is -0.351 e. The van der Waals surface area contributed by atoms with Gasteiger partial charge in [-0.3, -0.25) is 10.1 Å². The Balaban J connectivity index is 1.79. The molecule has 6 nitrogen and oxygen atoms in total. The van der Waals surface area contributed by atoms with E-state index < -0.39 is 6.03 Å². The second-order valence-corrected chi connectivity index (χ2v) is 5.43. The minimum atomic E-state index is -0.624. The van der Waals surface area contributed by atoms with Gasteiger partial charge in [0.25, 0.3) is 5.91 Å². The van der Waals surface area contributed by atoms with Gasteiger partial charge in [0.2, 0.25) is 0 Å². The van der Waals surface area contributed by atoms with E-state index in [1.54, 1.807) is 18.2 Å². The van der Waals surface area contributed by atoms with Gasteiger partial charge in [0.1, 0.15) is 5.82 Å². The SMILES string of the molecule is NC(=O)Nc1cc2ccc(C(=O)NC3CCCC3)cc2[nH]1. The Hall–Kier alpha value is -2.50. The Kier molecular flexibility index (Phi) is 3.51. The van der Waals surface area contributed by atoms with Crippen LogP contribution in [-0.4, -0.2) is 23.0 Å². The van der Waals surface area contributed by atoms with Gasteiger partial charge in [-0.25, -0.2) is 4.79 Å². The van der Waals surface area contributed by atoms with E-state index in [1.165, 1.54) is 12.8 Å². The number of benzene rings is 1. The number of H-pyrrole nitrogens is 1. The summed E-state index contributed by atoms with van der Waals surface area (Å²) in [6.45, 7) is 0. The van der Waals surface area contributed by atoms with Gasteiger partial charge in [-0.1, -0.05) is 18.9 Å². The van der Waals surface area contributed by atoms with Crippen LogP contribution >= 0.6 is 0 Å². The van der Waals surface area contributed by atoms with Crippen molar-refractivity contribution in [1.29, 1.82) is 0 Å². The molecule has 0 spiro atoms. The summed E-state index contributed by atoms with van der Waals surface area (Å²) in [5, 5.41) is 6.45. The van der Waals surface area contributed by atoms with Crippen LogP contribution in [0, 0.1) is 0 Å². The summed E-state index contributed by atoms with van der Waals surface area (Å²) in [4.78, 5) is 26.1. The van der Waals surface area contributed by atoms with Gasteiger partial charge < -0.3 is 16.0 Å². The standard InChI is InChI=1S/C15H18N4O2/c16-15(21)19-13-8-9-5-6-10(7-12(9)18-13)14(20)17-11-3-1-2-4-11/h5-8,11,18H,1-4H2,(H,17,20)(H3,16,19,21). The molecule has 1 heterocycles. The number of nitrogens with two attached hydrogens (primary N) is 1. The molecule has 0 saturated heterocycles. The molecular formula is C15H18N4O2. The van der Waals surface area contributed by atoms with Gasteiger partial charge in [0.15, 0.2) is 0 Å². The molecule has 0 atom stereocenters. The number of urea groups is 1. The molecule has 0 aliphatic heterocycles. The quantitative estimate of drug-likeness (QED) is 0.696. The molecule has 1 aromatic heterocycles. The third kappa shape index (κ3) is 2.99. The Morgan fingerprint density at radius 2 is 1.95 bits per heavy atom. The maximum absolute atomic E-state index is 12.2. The molecule has 2 aromatic rings. The summed E-state index contributed by atoms with van der Waals surface area (Å²) in [5.41, 5.74) is 6.48.